The molecule has 9 heteroatoms. The van der Waals surface area contributed by atoms with E-state index in [4.69, 9.17) is 14.0 Å². The molecule has 3 rings (SSSR count). The summed E-state index contributed by atoms with van der Waals surface area (Å²) in [5.41, 5.74) is -1.50. The number of ether oxygens (including phenoxy) is 1. The van der Waals surface area contributed by atoms with Gasteiger partial charge in [-0.05, 0) is 50.9 Å². The Labute approximate surface area is 173 Å². The van der Waals surface area contributed by atoms with E-state index < -0.39 is 36.2 Å². The molecule has 2 aromatic rings. The highest BCUT2D eigenvalue weighted by Gasteiger charge is 2.52. The van der Waals surface area contributed by atoms with Crippen LogP contribution in [0.1, 0.15) is 38.8 Å². The number of alkyl halides is 3. The smallest absolute Gasteiger partial charge is 0.444 e. The minimum atomic E-state index is -4.61. The number of benzene rings is 2. The van der Waals surface area contributed by atoms with Crippen LogP contribution in [0.2, 0.25) is 0 Å². The van der Waals surface area contributed by atoms with Crippen molar-refractivity contribution in [2.75, 3.05) is 5.32 Å². The summed E-state index contributed by atoms with van der Waals surface area (Å²) in [5, 5.41) is 2.36. The van der Waals surface area contributed by atoms with Crippen molar-refractivity contribution in [1.29, 1.82) is 0 Å². The van der Waals surface area contributed by atoms with Crippen molar-refractivity contribution in [3.8, 4) is 0 Å². The largest absolute Gasteiger partial charge is 0.494 e. The number of anilines is 1. The van der Waals surface area contributed by atoms with Gasteiger partial charge < -0.3 is 14.0 Å². The van der Waals surface area contributed by atoms with Crippen molar-refractivity contribution in [3.05, 3.63) is 59.7 Å². The molecule has 1 N–H and O–H groups in total. The third-order valence-electron chi connectivity index (χ3n) is 5.27. The molecule has 0 aromatic heterocycles. The van der Waals surface area contributed by atoms with Gasteiger partial charge >= 0.3 is 19.4 Å². The Morgan fingerprint density at radius 1 is 1.03 bits per heavy atom. The molecule has 0 bridgehead atoms. The SMILES string of the molecule is CC1(C)OB(c2cc(NC(=O)OCc3ccccc3)cc(C(F)(F)F)c2)OC1(C)C. The Morgan fingerprint density at radius 3 is 2.20 bits per heavy atom. The molecule has 0 radical (unpaired) electrons. The average Bonchev–Trinajstić information content (AvgIpc) is 2.87. The highest BCUT2D eigenvalue weighted by Crippen LogP contribution is 2.37. The molecule has 1 saturated heterocycles. The molecule has 0 saturated carbocycles. The molecule has 1 aliphatic heterocycles. The van der Waals surface area contributed by atoms with Gasteiger partial charge in [-0.2, -0.15) is 13.2 Å². The van der Waals surface area contributed by atoms with Crippen molar-refractivity contribution in [2.24, 2.45) is 0 Å². The topological polar surface area (TPSA) is 56.8 Å². The standard InChI is InChI=1S/C21H23BF3NO4/c1-19(2)20(3,4)30-22(29-19)16-10-15(21(23,24)25)11-17(12-16)26-18(27)28-13-14-8-6-5-7-9-14/h5-12H,13H2,1-4H3,(H,26,27). The van der Waals surface area contributed by atoms with Gasteiger partial charge in [0.1, 0.15) is 6.61 Å². The molecule has 30 heavy (non-hydrogen) atoms. The minimum Gasteiger partial charge on any atom is -0.444 e. The summed E-state index contributed by atoms with van der Waals surface area (Å²) in [6, 6.07) is 12.1. The zero-order valence-electron chi connectivity index (χ0n) is 17.2. The van der Waals surface area contributed by atoms with E-state index in [0.29, 0.717) is 0 Å². The van der Waals surface area contributed by atoms with Crippen molar-refractivity contribution < 1.29 is 32.0 Å². The van der Waals surface area contributed by atoms with E-state index in [2.05, 4.69) is 5.32 Å². The van der Waals surface area contributed by atoms with Gasteiger partial charge in [-0.25, -0.2) is 4.79 Å². The van der Waals surface area contributed by atoms with Crippen molar-refractivity contribution in [1.82, 2.24) is 0 Å². The van der Waals surface area contributed by atoms with Crippen LogP contribution >= 0.6 is 0 Å². The molecule has 5 nitrogen and oxygen atoms in total. The van der Waals surface area contributed by atoms with E-state index in [-0.39, 0.29) is 17.8 Å². The summed E-state index contributed by atoms with van der Waals surface area (Å²) in [6.07, 6.45) is -5.47. The summed E-state index contributed by atoms with van der Waals surface area (Å²) in [5.74, 6) is 0. The molecular weight excluding hydrogens is 398 g/mol. The van der Waals surface area contributed by atoms with E-state index in [1.54, 1.807) is 52.0 Å². The van der Waals surface area contributed by atoms with E-state index in [0.717, 1.165) is 17.7 Å². The van der Waals surface area contributed by atoms with Gasteiger partial charge in [-0.15, -0.1) is 0 Å². The van der Waals surface area contributed by atoms with Gasteiger partial charge in [0.2, 0.25) is 0 Å². The summed E-state index contributed by atoms with van der Waals surface area (Å²) in [7, 11) is -1.00. The second kappa shape index (κ2) is 7.96. The predicted octanol–water partition coefficient (Wildman–Crippen LogP) is 4.75. The van der Waals surface area contributed by atoms with Crippen molar-refractivity contribution >= 4 is 24.4 Å². The van der Waals surface area contributed by atoms with Gasteiger partial charge in [0, 0.05) is 5.69 Å². The Hall–Kier alpha value is -2.52. The van der Waals surface area contributed by atoms with Crippen LogP contribution in [0, 0.1) is 0 Å². The van der Waals surface area contributed by atoms with Crippen molar-refractivity contribution in [2.45, 2.75) is 51.7 Å². The number of hydrogen-bond donors (Lipinski definition) is 1. The van der Waals surface area contributed by atoms with Crippen LogP contribution in [0.3, 0.4) is 0 Å². The predicted molar refractivity (Wildman–Crippen MR) is 107 cm³/mol. The molecular formula is C21H23BF3NO4. The lowest BCUT2D eigenvalue weighted by atomic mass is 9.78. The average molecular weight is 421 g/mol. The number of halogens is 3. The number of nitrogens with one attached hydrogen (secondary N) is 1. The van der Waals surface area contributed by atoms with Crippen LogP contribution < -0.4 is 10.8 Å². The number of rotatable bonds is 4. The number of amides is 1. The first-order valence-electron chi connectivity index (χ1n) is 9.43. The molecule has 1 heterocycles. The maximum Gasteiger partial charge on any atom is 0.494 e. The van der Waals surface area contributed by atoms with E-state index in [1.807, 2.05) is 6.07 Å². The third-order valence-corrected chi connectivity index (χ3v) is 5.27. The normalized spacial score (nSPS) is 17.6. The summed E-state index contributed by atoms with van der Waals surface area (Å²) in [6.45, 7) is 7.22. The molecule has 0 aliphatic carbocycles. The van der Waals surface area contributed by atoms with Crippen molar-refractivity contribution in [3.63, 3.8) is 0 Å². The highest BCUT2D eigenvalue weighted by atomic mass is 19.4. The fourth-order valence-electron chi connectivity index (χ4n) is 2.88. The molecule has 0 unspecified atom stereocenters. The second-order valence-corrected chi connectivity index (χ2v) is 8.12. The van der Waals surface area contributed by atoms with Crippen LogP contribution in [0.15, 0.2) is 48.5 Å². The monoisotopic (exact) mass is 421 g/mol. The Balaban J connectivity index is 1.80. The van der Waals surface area contributed by atoms with E-state index >= 15 is 0 Å². The fraction of sp³-hybridized carbons (Fsp3) is 0.381. The van der Waals surface area contributed by atoms with Gasteiger partial charge in [0.25, 0.3) is 0 Å². The maximum absolute atomic E-state index is 13.4. The lowest BCUT2D eigenvalue weighted by molar-refractivity contribution is -0.137. The Bertz CT molecular complexity index is 900. The first kappa shape index (κ1) is 22.2. The van der Waals surface area contributed by atoms with Gasteiger partial charge in [-0.1, -0.05) is 36.4 Å². The Morgan fingerprint density at radius 2 is 1.63 bits per heavy atom. The van der Waals surface area contributed by atoms with Crippen LogP contribution in [-0.2, 0) is 26.8 Å². The van der Waals surface area contributed by atoms with Gasteiger partial charge in [0.15, 0.2) is 0 Å². The number of hydrogen-bond acceptors (Lipinski definition) is 4. The van der Waals surface area contributed by atoms with Crippen LogP contribution in [-0.4, -0.2) is 24.4 Å². The van der Waals surface area contributed by atoms with Gasteiger partial charge in [-0.3, -0.25) is 5.32 Å². The van der Waals surface area contributed by atoms with Crippen LogP contribution in [0.4, 0.5) is 23.7 Å². The van der Waals surface area contributed by atoms with E-state index in [1.165, 1.54) is 6.07 Å². The zero-order chi connectivity index (χ0) is 22.2. The molecule has 1 amide bonds. The Kier molecular flexibility index (Phi) is 5.88. The summed E-state index contributed by atoms with van der Waals surface area (Å²) < 4.78 is 57.1. The minimum absolute atomic E-state index is 0.00425. The molecule has 0 spiro atoms. The summed E-state index contributed by atoms with van der Waals surface area (Å²) >= 11 is 0. The number of carbonyl (C=O) groups excluding carboxylic acids is 1. The molecule has 1 aliphatic rings. The fourth-order valence-corrected chi connectivity index (χ4v) is 2.88. The maximum atomic E-state index is 13.4. The molecule has 1 fully saturated rings. The molecule has 2 aromatic carbocycles. The third kappa shape index (κ3) is 4.96. The first-order valence-corrected chi connectivity index (χ1v) is 9.43. The number of carbonyl (C=O) groups is 1. The lowest BCUT2D eigenvalue weighted by Gasteiger charge is -2.32. The lowest BCUT2D eigenvalue weighted by Crippen LogP contribution is -2.41. The van der Waals surface area contributed by atoms with E-state index in [9.17, 15) is 18.0 Å². The molecule has 160 valence electrons. The zero-order valence-corrected chi connectivity index (χ0v) is 17.2. The van der Waals surface area contributed by atoms with Crippen LogP contribution in [0.5, 0.6) is 0 Å². The quantitative estimate of drug-likeness (QED) is 0.724. The summed E-state index contributed by atoms with van der Waals surface area (Å²) in [4.78, 5) is 12.1. The second-order valence-electron chi connectivity index (χ2n) is 8.12. The highest BCUT2D eigenvalue weighted by molar-refractivity contribution is 6.62. The first-order chi connectivity index (χ1) is 13.9. The molecule has 0 atom stereocenters. The van der Waals surface area contributed by atoms with Gasteiger partial charge in [0.05, 0.1) is 16.8 Å². The van der Waals surface area contributed by atoms with Crippen LogP contribution in [0.25, 0.3) is 0 Å².